The zero-order valence-corrected chi connectivity index (χ0v) is 13.2. The first-order chi connectivity index (χ1) is 8.97. The third-order valence-corrected chi connectivity index (χ3v) is 4.68. The number of unbranched alkanes of at least 4 members (excludes halogenated alkanes) is 4. The van der Waals surface area contributed by atoms with Crippen LogP contribution in [0.25, 0.3) is 0 Å². The molecule has 108 valence electrons. The van der Waals surface area contributed by atoms with E-state index >= 15 is 0 Å². The number of halogens is 2. The van der Waals surface area contributed by atoms with Crippen molar-refractivity contribution in [3.8, 4) is 0 Å². The Kier molecular flexibility index (Phi) is 7.15. The molecule has 0 heterocycles. The van der Waals surface area contributed by atoms with E-state index in [0.717, 1.165) is 32.1 Å². The molecule has 0 aliphatic heterocycles. The maximum absolute atomic E-state index is 11.9. The van der Waals surface area contributed by atoms with Crippen LogP contribution in [-0.2, 0) is 14.3 Å². The van der Waals surface area contributed by atoms with Crippen LogP contribution in [0, 0.1) is 0 Å². The van der Waals surface area contributed by atoms with Crippen molar-refractivity contribution < 1.29 is 12.6 Å². The molecule has 0 aromatic heterocycles. The van der Waals surface area contributed by atoms with E-state index in [1.165, 1.54) is 18.2 Å². The average Bonchev–Trinajstić information content (AvgIpc) is 2.36. The van der Waals surface area contributed by atoms with Gasteiger partial charge in [0.1, 0.15) is 4.90 Å². The Hall–Kier alpha value is -0.290. The second kappa shape index (κ2) is 8.10. The smallest absolute Gasteiger partial charge is 0.266 e. The van der Waals surface area contributed by atoms with Gasteiger partial charge in [0.25, 0.3) is 10.1 Å². The zero-order valence-electron chi connectivity index (χ0n) is 10.9. The summed E-state index contributed by atoms with van der Waals surface area (Å²) in [7, 11) is -3.82. The van der Waals surface area contributed by atoms with Crippen LogP contribution in [-0.4, -0.2) is 15.0 Å². The normalized spacial score (nSPS) is 11.7. The lowest BCUT2D eigenvalue weighted by Gasteiger charge is -2.07. The van der Waals surface area contributed by atoms with E-state index in [0.29, 0.717) is 5.02 Å². The highest BCUT2D eigenvalue weighted by Gasteiger charge is 2.19. The van der Waals surface area contributed by atoms with Gasteiger partial charge in [0.05, 0.1) is 11.6 Å². The molecule has 0 unspecified atom stereocenters. The van der Waals surface area contributed by atoms with Crippen LogP contribution in [0.1, 0.15) is 39.0 Å². The first-order valence-corrected chi connectivity index (χ1v) is 8.48. The van der Waals surface area contributed by atoms with Gasteiger partial charge in [-0.05, 0) is 24.6 Å². The van der Waals surface area contributed by atoms with E-state index in [-0.39, 0.29) is 16.5 Å². The third kappa shape index (κ3) is 5.69. The van der Waals surface area contributed by atoms with Gasteiger partial charge in [-0.2, -0.15) is 8.42 Å². The Balaban J connectivity index is 2.54. The van der Waals surface area contributed by atoms with Gasteiger partial charge in [-0.25, -0.2) is 0 Å². The van der Waals surface area contributed by atoms with E-state index in [4.69, 9.17) is 27.4 Å². The second-order valence-electron chi connectivity index (χ2n) is 4.27. The number of hydrogen-bond acceptors (Lipinski definition) is 3. The van der Waals surface area contributed by atoms with Crippen LogP contribution < -0.4 is 0 Å². The SMILES string of the molecule is CCCCCCCOS(=O)(=O)c1cc(Cl)ccc1Cl. The van der Waals surface area contributed by atoms with Gasteiger partial charge in [0.2, 0.25) is 0 Å². The zero-order chi connectivity index (χ0) is 14.3. The largest absolute Gasteiger partial charge is 0.298 e. The molecule has 0 atom stereocenters. The van der Waals surface area contributed by atoms with E-state index in [1.54, 1.807) is 0 Å². The molecule has 1 aromatic carbocycles. The van der Waals surface area contributed by atoms with Crippen molar-refractivity contribution in [1.29, 1.82) is 0 Å². The van der Waals surface area contributed by atoms with Crippen molar-refractivity contribution in [1.82, 2.24) is 0 Å². The molecule has 0 amide bonds. The maximum atomic E-state index is 11.9. The van der Waals surface area contributed by atoms with Crippen molar-refractivity contribution in [3.05, 3.63) is 28.2 Å². The topological polar surface area (TPSA) is 43.4 Å². The molecule has 0 bridgehead atoms. The van der Waals surface area contributed by atoms with Crippen molar-refractivity contribution in [2.24, 2.45) is 0 Å². The van der Waals surface area contributed by atoms with Crippen LogP contribution in [0.2, 0.25) is 10.0 Å². The summed E-state index contributed by atoms with van der Waals surface area (Å²) in [4.78, 5) is -0.0739. The molecule has 19 heavy (non-hydrogen) atoms. The number of hydrogen-bond donors (Lipinski definition) is 0. The van der Waals surface area contributed by atoms with Crippen LogP contribution in [0.15, 0.2) is 23.1 Å². The summed E-state index contributed by atoms with van der Waals surface area (Å²) in [6, 6.07) is 4.28. The van der Waals surface area contributed by atoms with Crippen LogP contribution >= 0.6 is 23.2 Å². The minimum atomic E-state index is -3.82. The highest BCUT2D eigenvalue weighted by molar-refractivity contribution is 7.86. The Morgan fingerprint density at radius 3 is 2.47 bits per heavy atom. The molecule has 3 nitrogen and oxygen atoms in total. The van der Waals surface area contributed by atoms with Gasteiger partial charge in [-0.1, -0.05) is 55.8 Å². The lowest BCUT2D eigenvalue weighted by Crippen LogP contribution is -2.08. The molecule has 0 saturated heterocycles. The predicted molar refractivity (Wildman–Crippen MR) is 78.4 cm³/mol. The predicted octanol–water partition coefficient (Wildman–Crippen LogP) is 4.67. The minimum Gasteiger partial charge on any atom is -0.266 e. The summed E-state index contributed by atoms with van der Waals surface area (Å²) in [5, 5.41) is 0.435. The van der Waals surface area contributed by atoms with Crippen molar-refractivity contribution >= 4 is 33.3 Å². The molecule has 0 aliphatic carbocycles. The number of rotatable bonds is 8. The summed E-state index contributed by atoms with van der Waals surface area (Å²) in [5.74, 6) is 0. The lowest BCUT2D eigenvalue weighted by molar-refractivity contribution is 0.306. The molecule has 0 radical (unpaired) electrons. The summed E-state index contributed by atoms with van der Waals surface area (Å²) in [6.45, 7) is 2.30. The summed E-state index contributed by atoms with van der Waals surface area (Å²) < 4.78 is 28.8. The fourth-order valence-electron chi connectivity index (χ4n) is 1.61. The third-order valence-electron chi connectivity index (χ3n) is 2.65. The van der Waals surface area contributed by atoms with Crippen molar-refractivity contribution in [2.75, 3.05) is 6.61 Å². The highest BCUT2D eigenvalue weighted by Crippen LogP contribution is 2.26. The van der Waals surface area contributed by atoms with Gasteiger partial charge >= 0.3 is 0 Å². The quantitative estimate of drug-likeness (QED) is 0.515. The molecule has 0 aliphatic rings. The molecule has 1 rings (SSSR count). The van der Waals surface area contributed by atoms with E-state index in [2.05, 4.69) is 6.92 Å². The van der Waals surface area contributed by atoms with Gasteiger partial charge < -0.3 is 0 Å². The average molecular weight is 325 g/mol. The van der Waals surface area contributed by atoms with E-state index < -0.39 is 10.1 Å². The molecule has 1 aromatic rings. The first-order valence-electron chi connectivity index (χ1n) is 6.32. The maximum Gasteiger partial charge on any atom is 0.298 e. The fraction of sp³-hybridized carbons (Fsp3) is 0.538. The van der Waals surface area contributed by atoms with Gasteiger partial charge in [0, 0.05) is 5.02 Å². The minimum absolute atomic E-state index is 0.0739. The van der Waals surface area contributed by atoms with Crippen molar-refractivity contribution in [2.45, 2.75) is 43.9 Å². The van der Waals surface area contributed by atoms with Crippen LogP contribution in [0.4, 0.5) is 0 Å². The van der Waals surface area contributed by atoms with Gasteiger partial charge in [-0.15, -0.1) is 0 Å². The molecule has 0 fully saturated rings. The van der Waals surface area contributed by atoms with Gasteiger partial charge in [0.15, 0.2) is 0 Å². The standard InChI is InChI=1S/C13H18Cl2O3S/c1-2-3-4-5-6-9-18-19(16,17)13-10-11(14)7-8-12(13)15/h7-8,10H,2-6,9H2,1H3. The molecule has 0 N–H and O–H groups in total. The Morgan fingerprint density at radius 2 is 1.79 bits per heavy atom. The lowest BCUT2D eigenvalue weighted by atomic mass is 10.2. The Bertz CT molecular complexity index is 501. The molecule has 0 saturated carbocycles. The van der Waals surface area contributed by atoms with E-state index in [1.807, 2.05) is 0 Å². The monoisotopic (exact) mass is 324 g/mol. The highest BCUT2D eigenvalue weighted by atomic mass is 35.5. The Labute approximate surface area is 125 Å². The molecule has 6 heteroatoms. The summed E-state index contributed by atoms with van der Waals surface area (Å²) in [5.41, 5.74) is 0. The molecular weight excluding hydrogens is 307 g/mol. The molecule has 0 spiro atoms. The van der Waals surface area contributed by atoms with E-state index in [9.17, 15) is 8.42 Å². The fourth-order valence-corrected chi connectivity index (χ4v) is 3.29. The summed E-state index contributed by atoms with van der Waals surface area (Å²) >= 11 is 11.6. The second-order valence-corrected chi connectivity index (χ2v) is 6.69. The van der Waals surface area contributed by atoms with Crippen LogP contribution in [0.5, 0.6) is 0 Å². The first kappa shape index (κ1) is 16.8. The van der Waals surface area contributed by atoms with Crippen molar-refractivity contribution in [3.63, 3.8) is 0 Å². The van der Waals surface area contributed by atoms with Gasteiger partial charge in [-0.3, -0.25) is 4.18 Å². The number of benzene rings is 1. The molecular formula is C13H18Cl2O3S. The Morgan fingerprint density at radius 1 is 1.11 bits per heavy atom. The summed E-state index contributed by atoms with van der Waals surface area (Å²) in [6.07, 6.45) is 5.09. The van der Waals surface area contributed by atoms with Crippen LogP contribution in [0.3, 0.4) is 0 Å².